The van der Waals surface area contributed by atoms with E-state index in [4.69, 9.17) is 0 Å². The second-order valence-corrected chi connectivity index (χ2v) is 6.74. The number of rotatable bonds is 3. The number of carbonyl (C=O) groups is 1. The van der Waals surface area contributed by atoms with Crippen LogP contribution in [-0.2, 0) is 6.42 Å². The molecule has 0 aliphatic carbocycles. The van der Waals surface area contributed by atoms with Crippen LogP contribution in [0.3, 0.4) is 0 Å². The van der Waals surface area contributed by atoms with Gasteiger partial charge in [-0.1, -0.05) is 53.9 Å². The van der Waals surface area contributed by atoms with Crippen molar-refractivity contribution >= 4 is 53.6 Å². The van der Waals surface area contributed by atoms with Crippen molar-refractivity contribution in [3.63, 3.8) is 0 Å². The fourth-order valence-corrected chi connectivity index (χ4v) is 3.28. The van der Waals surface area contributed by atoms with E-state index in [0.29, 0.717) is 15.6 Å². The van der Waals surface area contributed by atoms with Gasteiger partial charge in [-0.25, -0.2) is 4.39 Å². The van der Waals surface area contributed by atoms with Gasteiger partial charge in [-0.15, -0.1) is 0 Å². The van der Waals surface area contributed by atoms with E-state index in [1.807, 2.05) is 6.07 Å². The van der Waals surface area contributed by atoms with E-state index in [-0.39, 0.29) is 18.0 Å². The Kier molecular flexibility index (Phi) is 4.92. The SMILES string of the molecule is O=C(Cc1ccc(Br)cc1F)c1cc(Br)cc(Br)c1. The van der Waals surface area contributed by atoms with Crippen LogP contribution in [0.2, 0.25) is 0 Å². The maximum atomic E-state index is 13.7. The smallest absolute Gasteiger partial charge is 0.167 e. The molecule has 98 valence electrons. The Morgan fingerprint density at radius 2 is 1.58 bits per heavy atom. The first kappa shape index (κ1) is 14.9. The van der Waals surface area contributed by atoms with Gasteiger partial charge in [0.25, 0.3) is 0 Å². The third kappa shape index (κ3) is 3.97. The molecule has 2 rings (SSSR count). The molecule has 0 aliphatic rings. The molecule has 0 unspecified atom stereocenters. The summed E-state index contributed by atoms with van der Waals surface area (Å²) in [6, 6.07) is 10.00. The molecule has 0 aromatic heterocycles. The highest BCUT2D eigenvalue weighted by Crippen LogP contribution is 2.22. The number of carbonyl (C=O) groups excluding carboxylic acids is 1. The zero-order chi connectivity index (χ0) is 14.0. The van der Waals surface area contributed by atoms with Crippen molar-refractivity contribution in [2.24, 2.45) is 0 Å². The van der Waals surface area contributed by atoms with Gasteiger partial charge >= 0.3 is 0 Å². The van der Waals surface area contributed by atoms with Crippen LogP contribution >= 0.6 is 47.8 Å². The van der Waals surface area contributed by atoms with Crippen molar-refractivity contribution in [3.8, 4) is 0 Å². The Hall–Kier alpha value is -0.520. The molecule has 2 aromatic carbocycles. The van der Waals surface area contributed by atoms with E-state index >= 15 is 0 Å². The molecule has 5 heteroatoms. The highest BCUT2D eigenvalue weighted by Gasteiger charge is 2.12. The molecule has 0 saturated carbocycles. The standard InChI is InChI=1S/C14H8Br3FO/c15-10-2-1-8(13(18)7-10)5-14(19)9-3-11(16)6-12(17)4-9/h1-4,6-7H,5H2. The highest BCUT2D eigenvalue weighted by molar-refractivity contribution is 9.11. The lowest BCUT2D eigenvalue weighted by Gasteiger charge is -2.05. The first-order chi connectivity index (χ1) is 8.95. The normalized spacial score (nSPS) is 10.5. The lowest BCUT2D eigenvalue weighted by atomic mass is 10.0. The molecule has 0 bridgehead atoms. The van der Waals surface area contributed by atoms with Crippen molar-refractivity contribution in [3.05, 3.63) is 66.8 Å². The summed E-state index contributed by atoms with van der Waals surface area (Å²) in [4.78, 5) is 12.1. The largest absolute Gasteiger partial charge is 0.294 e. The molecule has 0 aliphatic heterocycles. The summed E-state index contributed by atoms with van der Waals surface area (Å²) in [5, 5.41) is 0. The van der Waals surface area contributed by atoms with E-state index in [2.05, 4.69) is 47.8 Å². The van der Waals surface area contributed by atoms with Crippen molar-refractivity contribution in [1.82, 2.24) is 0 Å². The van der Waals surface area contributed by atoms with Crippen LogP contribution in [0.1, 0.15) is 15.9 Å². The third-order valence-corrected chi connectivity index (χ3v) is 3.96. The van der Waals surface area contributed by atoms with Gasteiger partial charge in [0.1, 0.15) is 5.82 Å². The van der Waals surface area contributed by atoms with Crippen molar-refractivity contribution < 1.29 is 9.18 Å². The van der Waals surface area contributed by atoms with Crippen LogP contribution in [0.4, 0.5) is 4.39 Å². The van der Waals surface area contributed by atoms with E-state index in [9.17, 15) is 9.18 Å². The predicted molar refractivity (Wildman–Crippen MR) is 84.0 cm³/mol. The lowest BCUT2D eigenvalue weighted by molar-refractivity contribution is 0.0991. The molecule has 1 nitrogen and oxygen atoms in total. The summed E-state index contributed by atoms with van der Waals surface area (Å²) in [6.45, 7) is 0. The molecule has 19 heavy (non-hydrogen) atoms. The van der Waals surface area contributed by atoms with Gasteiger partial charge in [-0.2, -0.15) is 0 Å². The summed E-state index contributed by atoms with van der Waals surface area (Å²) in [7, 11) is 0. The van der Waals surface area contributed by atoms with Gasteiger partial charge in [0.05, 0.1) is 0 Å². The van der Waals surface area contributed by atoms with Crippen molar-refractivity contribution in [2.45, 2.75) is 6.42 Å². The zero-order valence-electron chi connectivity index (χ0n) is 9.59. The molecular formula is C14H8Br3FO. The fourth-order valence-electron chi connectivity index (χ4n) is 1.65. The van der Waals surface area contributed by atoms with Gasteiger partial charge in [0.15, 0.2) is 5.78 Å². The molecular weight excluding hydrogens is 443 g/mol. The van der Waals surface area contributed by atoms with Crippen LogP contribution in [0.15, 0.2) is 49.8 Å². The Balaban J connectivity index is 2.25. The minimum Gasteiger partial charge on any atom is -0.294 e. The third-order valence-electron chi connectivity index (χ3n) is 2.55. The van der Waals surface area contributed by atoms with Crippen LogP contribution in [0.25, 0.3) is 0 Å². The topological polar surface area (TPSA) is 17.1 Å². The van der Waals surface area contributed by atoms with Crippen LogP contribution in [0.5, 0.6) is 0 Å². The van der Waals surface area contributed by atoms with Gasteiger partial charge in [-0.3, -0.25) is 4.79 Å². The Morgan fingerprint density at radius 3 is 2.16 bits per heavy atom. The number of hydrogen-bond acceptors (Lipinski definition) is 1. The Bertz CT molecular complexity index is 620. The average molecular weight is 451 g/mol. The predicted octanol–water partition coefficient (Wildman–Crippen LogP) is 5.54. The van der Waals surface area contributed by atoms with E-state index < -0.39 is 0 Å². The number of halogens is 4. The summed E-state index contributed by atoms with van der Waals surface area (Å²) in [6.07, 6.45) is 0.0437. The fraction of sp³-hybridized carbons (Fsp3) is 0.0714. The quantitative estimate of drug-likeness (QED) is 0.561. The van der Waals surface area contributed by atoms with E-state index in [0.717, 1.165) is 8.95 Å². The maximum absolute atomic E-state index is 13.7. The molecule has 0 spiro atoms. The maximum Gasteiger partial charge on any atom is 0.167 e. The van der Waals surface area contributed by atoms with Crippen molar-refractivity contribution in [1.29, 1.82) is 0 Å². The van der Waals surface area contributed by atoms with Crippen LogP contribution in [-0.4, -0.2) is 5.78 Å². The molecule has 0 atom stereocenters. The van der Waals surface area contributed by atoms with Crippen LogP contribution < -0.4 is 0 Å². The number of benzene rings is 2. The first-order valence-corrected chi connectivity index (χ1v) is 7.77. The molecule has 0 radical (unpaired) electrons. The Labute approximate surface area is 135 Å². The summed E-state index contributed by atoms with van der Waals surface area (Å²) >= 11 is 9.85. The second kappa shape index (κ2) is 6.29. The highest BCUT2D eigenvalue weighted by atomic mass is 79.9. The lowest BCUT2D eigenvalue weighted by Crippen LogP contribution is -2.05. The second-order valence-electron chi connectivity index (χ2n) is 3.99. The van der Waals surface area contributed by atoms with Gasteiger partial charge in [-0.05, 0) is 35.9 Å². The number of ketones is 1. The molecule has 2 aromatic rings. The number of Topliss-reactive ketones (excluding diaryl/α,β-unsaturated/α-hetero) is 1. The summed E-state index contributed by atoms with van der Waals surface area (Å²) in [5.41, 5.74) is 0.938. The Morgan fingerprint density at radius 1 is 0.947 bits per heavy atom. The molecule has 0 N–H and O–H groups in total. The van der Waals surface area contributed by atoms with Gasteiger partial charge in [0, 0.05) is 25.4 Å². The summed E-state index contributed by atoms with van der Waals surface area (Å²) < 4.78 is 16.0. The first-order valence-electron chi connectivity index (χ1n) is 5.39. The van der Waals surface area contributed by atoms with Crippen LogP contribution in [0, 0.1) is 5.82 Å². The van der Waals surface area contributed by atoms with E-state index in [1.165, 1.54) is 6.07 Å². The van der Waals surface area contributed by atoms with E-state index in [1.54, 1.807) is 24.3 Å². The molecule has 0 fully saturated rings. The van der Waals surface area contributed by atoms with Gasteiger partial charge in [0.2, 0.25) is 0 Å². The zero-order valence-corrected chi connectivity index (χ0v) is 14.3. The monoisotopic (exact) mass is 448 g/mol. The van der Waals surface area contributed by atoms with Crippen molar-refractivity contribution in [2.75, 3.05) is 0 Å². The minimum absolute atomic E-state index is 0.0437. The van der Waals surface area contributed by atoms with Gasteiger partial charge < -0.3 is 0 Å². The molecule has 0 heterocycles. The average Bonchev–Trinajstić information content (AvgIpc) is 2.31. The number of hydrogen-bond donors (Lipinski definition) is 0. The summed E-state index contributed by atoms with van der Waals surface area (Å²) in [5.74, 6) is -0.500. The molecule has 0 saturated heterocycles. The minimum atomic E-state index is -0.378. The molecule has 0 amide bonds.